The summed E-state index contributed by atoms with van der Waals surface area (Å²) in [5.41, 5.74) is 0. The van der Waals surface area contributed by atoms with E-state index >= 15 is 0 Å². The predicted octanol–water partition coefficient (Wildman–Crippen LogP) is 1.45. The van der Waals surface area contributed by atoms with Crippen molar-refractivity contribution in [3.8, 4) is 0 Å². The van der Waals surface area contributed by atoms with Crippen molar-refractivity contribution in [2.75, 3.05) is 20.1 Å². The van der Waals surface area contributed by atoms with Gasteiger partial charge in [0.05, 0.1) is 6.20 Å². The average Bonchev–Trinajstić information content (AvgIpc) is 2.97. The molecule has 120 valence electrons. The van der Waals surface area contributed by atoms with Gasteiger partial charge in [-0.05, 0) is 39.3 Å². The van der Waals surface area contributed by atoms with Gasteiger partial charge in [-0.3, -0.25) is 4.68 Å². The van der Waals surface area contributed by atoms with Crippen LogP contribution in [0.1, 0.15) is 39.0 Å². The molecular formula is C14H26N4O2S. The molecule has 2 heterocycles. The minimum absolute atomic E-state index is 0.136. The lowest BCUT2D eigenvalue weighted by molar-refractivity contribution is 0.246. The first-order chi connectivity index (χ1) is 10.1. The summed E-state index contributed by atoms with van der Waals surface area (Å²) < 4.78 is 28.9. The molecule has 0 radical (unpaired) electrons. The highest BCUT2D eigenvalue weighted by molar-refractivity contribution is 7.89. The molecule has 7 heteroatoms. The molecule has 1 atom stereocenters. The van der Waals surface area contributed by atoms with Gasteiger partial charge < -0.3 is 5.32 Å². The van der Waals surface area contributed by atoms with Crippen molar-refractivity contribution in [3.05, 3.63) is 12.4 Å². The quantitative estimate of drug-likeness (QED) is 0.774. The number of sulfonamides is 1. The number of nitrogens with one attached hydrogen (secondary N) is 1. The second-order valence-corrected chi connectivity index (χ2v) is 7.46. The third kappa shape index (κ3) is 3.84. The topological polar surface area (TPSA) is 67.2 Å². The van der Waals surface area contributed by atoms with E-state index < -0.39 is 10.0 Å². The molecule has 1 N–H and O–H groups in total. The van der Waals surface area contributed by atoms with Crippen LogP contribution in [0.4, 0.5) is 0 Å². The first kappa shape index (κ1) is 16.5. The van der Waals surface area contributed by atoms with Crippen molar-refractivity contribution < 1.29 is 8.42 Å². The molecule has 1 aliphatic rings. The van der Waals surface area contributed by atoms with E-state index in [2.05, 4.69) is 17.3 Å². The van der Waals surface area contributed by atoms with Crippen LogP contribution in [0.15, 0.2) is 17.3 Å². The van der Waals surface area contributed by atoms with Crippen molar-refractivity contribution in [1.29, 1.82) is 0 Å². The lowest BCUT2D eigenvalue weighted by Gasteiger charge is -2.33. The van der Waals surface area contributed by atoms with Crippen molar-refractivity contribution in [1.82, 2.24) is 19.4 Å². The molecule has 6 nitrogen and oxygen atoms in total. The van der Waals surface area contributed by atoms with E-state index in [1.165, 1.54) is 6.20 Å². The normalized spacial score (nSPS) is 20.8. The fourth-order valence-corrected chi connectivity index (χ4v) is 4.57. The van der Waals surface area contributed by atoms with Crippen LogP contribution >= 0.6 is 0 Å². The third-order valence-corrected chi connectivity index (χ3v) is 5.98. The molecule has 1 aromatic rings. The maximum Gasteiger partial charge on any atom is 0.246 e. The Morgan fingerprint density at radius 1 is 1.43 bits per heavy atom. The largest absolute Gasteiger partial charge is 0.320 e. The monoisotopic (exact) mass is 314 g/mol. The Balaban J connectivity index is 2.11. The molecule has 0 aliphatic carbocycles. The Kier molecular flexibility index (Phi) is 5.78. The van der Waals surface area contributed by atoms with Crippen molar-refractivity contribution in [2.24, 2.45) is 0 Å². The average molecular weight is 314 g/mol. The van der Waals surface area contributed by atoms with Crippen LogP contribution in [0.3, 0.4) is 0 Å². The van der Waals surface area contributed by atoms with Gasteiger partial charge in [0.1, 0.15) is 4.90 Å². The molecule has 0 bridgehead atoms. The van der Waals surface area contributed by atoms with Gasteiger partial charge in [0.25, 0.3) is 0 Å². The fraction of sp³-hybridized carbons (Fsp3) is 0.786. The number of rotatable bonds is 7. The zero-order valence-electron chi connectivity index (χ0n) is 13.0. The summed E-state index contributed by atoms with van der Waals surface area (Å²) >= 11 is 0. The number of aromatic nitrogens is 2. The predicted molar refractivity (Wildman–Crippen MR) is 82.6 cm³/mol. The molecule has 0 saturated carbocycles. The Hall–Kier alpha value is -0.920. The molecule has 1 saturated heterocycles. The number of piperidine rings is 1. The van der Waals surface area contributed by atoms with Crippen LogP contribution in [0.25, 0.3) is 0 Å². The molecule has 1 aliphatic heterocycles. The summed E-state index contributed by atoms with van der Waals surface area (Å²) in [7, 11) is -1.50. The van der Waals surface area contributed by atoms with Gasteiger partial charge in [-0.25, -0.2) is 8.42 Å². The lowest BCUT2D eigenvalue weighted by Crippen LogP contribution is -2.43. The molecule has 21 heavy (non-hydrogen) atoms. The Morgan fingerprint density at radius 2 is 2.24 bits per heavy atom. The van der Waals surface area contributed by atoms with Gasteiger partial charge in [0.2, 0.25) is 10.0 Å². The van der Waals surface area contributed by atoms with Crippen LogP contribution < -0.4 is 5.32 Å². The van der Waals surface area contributed by atoms with E-state index in [4.69, 9.17) is 0 Å². The SMILES string of the molecule is CCC1CCCCN1S(=O)(=O)c1cnn(CCCNC)c1. The summed E-state index contributed by atoms with van der Waals surface area (Å²) in [5, 5.41) is 7.26. The maximum absolute atomic E-state index is 12.8. The summed E-state index contributed by atoms with van der Waals surface area (Å²) in [6.45, 7) is 4.31. The summed E-state index contributed by atoms with van der Waals surface area (Å²) in [6.07, 6.45) is 7.97. The number of aryl methyl sites for hydroxylation is 1. The van der Waals surface area contributed by atoms with Crippen LogP contribution in [0, 0.1) is 0 Å². The van der Waals surface area contributed by atoms with Crippen molar-refractivity contribution >= 4 is 10.0 Å². The highest BCUT2D eigenvalue weighted by Crippen LogP contribution is 2.26. The van der Waals surface area contributed by atoms with Gasteiger partial charge in [-0.1, -0.05) is 13.3 Å². The van der Waals surface area contributed by atoms with Gasteiger partial charge >= 0.3 is 0 Å². The highest BCUT2D eigenvalue weighted by Gasteiger charge is 2.33. The maximum atomic E-state index is 12.8. The Bertz CT molecular complexity index is 541. The van der Waals surface area contributed by atoms with E-state index in [1.54, 1.807) is 15.2 Å². The Morgan fingerprint density at radius 3 is 2.95 bits per heavy atom. The fourth-order valence-electron chi connectivity index (χ4n) is 2.85. The van der Waals surface area contributed by atoms with Crippen LogP contribution in [0.5, 0.6) is 0 Å². The molecule has 1 fully saturated rings. The second-order valence-electron chi connectivity index (χ2n) is 5.57. The molecule has 0 spiro atoms. The number of hydrogen-bond donors (Lipinski definition) is 1. The van der Waals surface area contributed by atoms with E-state index in [1.807, 2.05) is 7.05 Å². The highest BCUT2D eigenvalue weighted by atomic mass is 32.2. The third-order valence-electron chi connectivity index (χ3n) is 4.07. The van der Waals surface area contributed by atoms with E-state index in [-0.39, 0.29) is 6.04 Å². The van der Waals surface area contributed by atoms with E-state index in [9.17, 15) is 8.42 Å². The number of hydrogen-bond acceptors (Lipinski definition) is 4. The van der Waals surface area contributed by atoms with Crippen molar-refractivity contribution in [3.63, 3.8) is 0 Å². The van der Waals surface area contributed by atoms with Crippen molar-refractivity contribution in [2.45, 2.75) is 56.5 Å². The van der Waals surface area contributed by atoms with E-state index in [0.29, 0.717) is 11.4 Å². The molecule has 0 amide bonds. The Labute approximate surface area is 127 Å². The lowest BCUT2D eigenvalue weighted by atomic mass is 10.0. The summed E-state index contributed by atoms with van der Waals surface area (Å²) in [4.78, 5) is 0.326. The first-order valence-electron chi connectivity index (χ1n) is 7.78. The van der Waals surface area contributed by atoms with Crippen LogP contribution in [-0.4, -0.2) is 48.7 Å². The zero-order chi connectivity index (χ0) is 15.3. The second kappa shape index (κ2) is 7.38. The molecule has 1 unspecified atom stereocenters. The summed E-state index contributed by atoms with van der Waals surface area (Å²) in [5.74, 6) is 0. The van der Waals surface area contributed by atoms with Gasteiger partial charge in [-0.2, -0.15) is 9.40 Å². The zero-order valence-corrected chi connectivity index (χ0v) is 13.8. The van der Waals surface area contributed by atoms with Gasteiger partial charge in [-0.15, -0.1) is 0 Å². The minimum atomic E-state index is -3.40. The number of nitrogens with zero attached hydrogens (tertiary/aromatic N) is 3. The first-order valence-corrected chi connectivity index (χ1v) is 9.22. The van der Waals surface area contributed by atoms with Crippen LogP contribution in [-0.2, 0) is 16.6 Å². The smallest absolute Gasteiger partial charge is 0.246 e. The van der Waals surface area contributed by atoms with Crippen LogP contribution in [0.2, 0.25) is 0 Å². The molecule has 1 aromatic heterocycles. The standard InChI is InChI=1S/C14H26N4O2S/c1-3-13-7-4-5-10-18(13)21(19,20)14-11-16-17(12-14)9-6-8-15-2/h11-13,15H,3-10H2,1-2H3. The summed E-state index contributed by atoms with van der Waals surface area (Å²) in [6, 6.07) is 0.136. The molecular weight excluding hydrogens is 288 g/mol. The van der Waals surface area contributed by atoms with Gasteiger partial charge in [0.15, 0.2) is 0 Å². The molecule has 0 aromatic carbocycles. The minimum Gasteiger partial charge on any atom is -0.320 e. The molecule has 2 rings (SSSR count). The van der Waals surface area contributed by atoms with E-state index in [0.717, 1.165) is 45.2 Å². The van der Waals surface area contributed by atoms with Gasteiger partial charge in [0, 0.05) is 25.3 Å².